The second-order valence-corrected chi connectivity index (χ2v) is 6.56. The molecule has 1 heterocycles. The van der Waals surface area contributed by atoms with Crippen molar-refractivity contribution in [1.29, 1.82) is 0 Å². The number of aryl methyl sites for hydroxylation is 1. The van der Waals surface area contributed by atoms with E-state index >= 15 is 0 Å². The van der Waals surface area contributed by atoms with Gasteiger partial charge in [-0.3, -0.25) is 9.59 Å². The zero-order valence-corrected chi connectivity index (χ0v) is 16.2. The molecular weight excluding hydrogens is 358 g/mol. The average molecular weight is 381 g/mol. The van der Waals surface area contributed by atoms with E-state index in [2.05, 4.69) is 5.32 Å². The molecule has 3 aromatic rings. The Labute approximate surface area is 163 Å². The van der Waals surface area contributed by atoms with Crippen molar-refractivity contribution in [2.75, 3.05) is 6.61 Å². The Bertz CT molecular complexity index is 1030. The lowest BCUT2D eigenvalue weighted by atomic mass is 10.2. The molecule has 1 amide bonds. The van der Waals surface area contributed by atoms with E-state index in [-0.39, 0.29) is 29.7 Å². The van der Waals surface area contributed by atoms with Gasteiger partial charge in [0.05, 0.1) is 5.39 Å². The molecule has 1 N–H and O–H groups in total. The smallest absolute Gasteiger partial charge is 0.258 e. The summed E-state index contributed by atoms with van der Waals surface area (Å²) in [6.45, 7) is 5.50. The zero-order chi connectivity index (χ0) is 20.1. The maximum atomic E-state index is 12.8. The first-order valence-electron chi connectivity index (χ1n) is 9.20. The van der Waals surface area contributed by atoms with Gasteiger partial charge in [0.1, 0.15) is 22.8 Å². The van der Waals surface area contributed by atoms with Crippen LogP contribution in [0.4, 0.5) is 0 Å². The van der Waals surface area contributed by atoms with E-state index in [0.29, 0.717) is 28.2 Å². The van der Waals surface area contributed by atoms with Crippen LogP contribution >= 0.6 is 0 Å². The van der Waals surface area contributed by atoms with E-state index in [0.717, 1.165) is 6.42 Å². The molecule has 0 aliphatic rings. The van der Waals surface area contributed by atoms with Crippen LogP contribution in [0.3, 0.4) is 0 Å². The fourth-order valence-corrected chi connectivity index (χ4v) is 2.65. The van der Waals surface area contributed by atoms with Crippen LogP contribution < -0.4 is 20.2 Å². The lowest BCUT2D eigenvalue weighted by Gasteiger charge is -2.12. The van der Waals surface area contributed by atoms with Gasteiger partial charge in [-0.2, -0.15) is 0 Å². The van der Waals surface area contributed by atoms with Gasteiger partial charge >= 0.3 is 0 Å². The van der Waals surface area contributed by atoms with Crippen LogP contribution in [0, 0.1) is 6.92 Å². The fourth-order valence-electron chi connectivity index (χ4n) is 2.65. The molecular formula is C22H23NO5. The number of hydrogen-bond donors (Lipinski definition) is 1. The standard InChI is InChI=1S/C22H23NO5/c1-4-14(2)23-20(24)13-26-17-10-11-18-19(12-17)27-15(3)22(21(18)25)28-16-8-6-5-7-9-16/h5-12,14H,4,13H2,1-3H3,(H,23,24)/t14-/m1/s1. The summed E-state index contributed by atoms with van der Waals surface area (Å²) in [4.78, 5) is 24.6. The van der Waals surface area contributed by atoms with Crippen molar-refractivity contribution < 1.29 is 18.7 Å². The second-order valence-electron chi connectivity index (χ2n) is 6.56. The topological polar surface area (TPSA) is 77.8 Å². The van der Waals surface area contributed by atoms with Gasteiger partial charge in [-0.1, -0.05) is 25.1 Å². The molecule has 6 heteroatoms. The summed E-state index contributed by atoms with van der Waals surface area (Å²) >= 11 is 0. The Balaban J connectivity index is 1.81. The third-order valence-electron chi connectivity index (χ3n) is 4.34. The fraction of sp³-hybridized carbons (Fsp3) is 0.273. The van der Waals surface area contributed by atoms with Gasteiger partial charge in [0.2, 0.25) is 11.2 Å². The average Bonchev–Trinajstić information content (AvgIpc) is 2.70. The summed E-state index contributed by atoms with van der Waals surface area (Å²) in [6.07, 6.45) is 0.847. The highest BCUT2D eigenvalue weighted by Gasteiger charge is 2.15. The first-order chi connectivity index (χ1) is 13.5. The molecule has 3 rings (SSSR count). The van der Waals surface area contributed by atoms with Crippen molar-refractivity contribution in [3.63, 3.8) is 0 Å². The van der Waals surface area contributed by atoms with Crippen LogP contribution in [-0.2, 0) is 4.79 Å². The van der Waals surface area contributed by atoms with Crippen molar-refractivity contribution >= 4 is 16.9 Å². The normalized spacial score (nSPS) is 11.8. The lowest BCUT2D eigenvalue weighted by molar-refractivity contribution is -0.123. The Kier molecular flexibility index (Phi) is 5.99. The molecule has 2 aromatic carbocycles. The lowest BCUT2D eigenvalue weighted by Crippen LogP contribution is -2.35. The van der Waals surface area contributed by atoms with Crippen LogP contribution in [0.25, 0.3) is 11.0 Å². The number of carbonyl (C=O) groups excluding carboxylic acids is 1. The minimum Gasteiger partial charge on any atom is -0.484 e. The monoisotopic (exact) mass is 381 g/mol. The van der Waals surface area contributed by atoms with Crippen LogP contribution in [0.5, 0.6) is 17.2 Å². The Morgan fingerprint density at radius 3 is 2.61 bits per heavy atom. The van der Waals surface area contributed by atoms with Crippen LogP contribution in [0.1, 0.15) is 26.0 Å². The maximum Gasteiger partial charge on any atom is 0.258 e. The van der Waals surface area contributed by atoms with Gasteiger partial charge in [0.25, 0.3) is 5.91 Å². The number of benzene rings is 2. The van der Waals surface area contributed by atoms with Gasteiger partial charge < -0.3 is 19.2 Å². The summed E-state index contributed by atoms with van der Waals surface area (Å²) in [6, 6.07) is 14.0. The molecule has 0 saturated carbocycles. The minimum atomic E-state index is -0.260. The zero-order valence-electron chi connectivity index (χ0n) is 16.2. The number of rotatable bonds is 7. The number of amides is 1. The van der Waals surface area contributed by atoms with E-state index < -0.39 is 0 Å². The van der Waals surface area contributed by atoms with E-state index in [1.54, 1.807) is 37.3 Å². The summed E-state index contributed by atoms with van der Waals surface area (Å²) in [7, 11) is 0. The van der Waals surface area contributed by atoms with Crippen LogP contribution in [-0.4, -0.2) is 18.6 Å². The molecule has 1 atom stereocenters. The second kappa shape index (κ2) is 8.61. The van der Waals surface area contributed by atoms with Gasteiger partial charge in [-0.05, 0) is 44.5 Å². The number of ether oxygens (including phenoxy) is 2. The van der Waals surface area contributed by atoms with Crippen molar-refractivity contribution in [3.8, 4) is 17.2 Å². The number of para-hydroxylation sites is 1. The molecule has 146 valence electrons. The molecule has 1 aromatic heterocycles. The Morgan fingerprint density at radius 2 is 1.89 bits per heavy atom. The first kappa shape index (κ1) is 19.5. The number of nitrogens with one attached hydrogen (secondary N) is 1. The molecule has 0 aliphatic carbocycles. The van der Waals surface area contributed by atoms with Crippen LogP contribution in [0.2, 0.25) is 0 Å². The highest BCUT2D eigenvalue weighted by molar-refractivity contribution is 5.80. The van der Waals surface area contributed by atoms with Gasteiger partial charge in [0.15, 0.2) is 6.61 Å². The highest BCUT2D eigenvalue weighted by Crippen LogP contribution is 2.27. The Morgan fingerprint density at radius 1 is 1.14 bits per heavy atom. The minimum absolute atomic E-state index is 0.0939. The Hall–Kier alpha value is -3.28. The third-order valence-corrected chi connectivity index (χ3v) is 4.34. The number of carbonyl (C=O) groups is 1. The summed E-state index contributed by atoms with van der Waals surface area (Å²) in [5.74, 6) is 1.34. The SMILES string of the molecule is CC[C@@H](C)NC(=O)COc1ccc2c(=O)c(Oc3ccccc3)c(C)oc2c1. The molecule has 0 spiro atoms. The van der Waals surface area contributed by atoms with Gasteiger partial charge in [0, 0.05) is 12.1 Å². The van der Waals surface area contributed by atoms with E-state index in [1.807, 2.05) is 32.0 Å². The molecule has 0 radical (unpaired) electrons. The molecule has 0 bridgehead atoms. The molecule has 0 aliphatic heterocycles. The predicted molar refractivity (Wildman–Crippen MR) is 107 cm³/mol. The first-order valence-corrected chi connectivity index (χ1v) is 9.20. The summed E-state index contributed by atoms with van der Waals surface area (Å²) in [5.41, 5.74) is 0.117. The predicted octanol–water partition coefficient (Wildman–Crippen LogP) is 4.19. The number of hydrogen-bond acceptors (Lipinski definition) is 5. The number of fused-ring (bicyclic) bond motifs is 1. The molecule has 0 unspecified atom stereocenters. The largest absolute Gasteiger partial charge is 0.484 e. The van der Waals surface area contributed by atoms with E-state index in [9.17, 15) is 9.59 Å². The van der Waals surface area contributed by atoms with Crippen molar-refractivity contribution in [1.82, 2.24) is 5.32 Å². The molecule has 0 fully saturated rings. The molecule has 0 saturated heterocycles. The van der Waals surface area contributed by atoms with Crippen molar-refractivity contribution in [2.24, 2.45) is 0 Å². The van der Waals surface area contributed by atoms with E-state index in [1.165, 1.54) is 0 Å². The molecule has 6 nitrogen and oxygen atoms in total. The molecule has 28 heavy (non-hydrogen) atoms. The van der Waals surface area contributed by atoms with Gasteiger partial charge in [-0.25, -0.2) is 0 Å². The van der Waals surface area contributed by atoms with Crippen LogP contribution in [0.15, 0.2) is 57.7 Å². The summed E-state index contributed by atoms with van der Waals surface area (Å²) < 4.78 is 17.0. The van der Waals surface area contributed by atoms with Gasteiger partial charge in [-0.15, -0.1) is 0 Å². The maximum absolute atomic E-state index is 12.8. The highest BCUT2D eigenvalue weighted by atomic mass is 16.5. The summed E-state index contributed by atoms with van der Waals surface area (Å²) in [5, 5.41) is 3.21. The van der Waals surface area contributed by atoms with E-state index in [4.69, 9.17) is 13.9 Å². The third kappa shape index (κ3) is 4.52. The van der Waals surface area contributed by atoms with Crippen molar-refractivity contribution in [2.45, 2.75) is 33.2 Å². The van der Waals surface area contributed by atoms with Crippen molar-refractivity contribution in [3.05, 3.63) is 64.5 Å². The quantitative estimate of drug-likeness (QED) is 0.664.